The fourth-order valence-electron chi connectivity index (χ4n) is 4.93. The summed E-state index contributed by atoms with van der Waals surface area (Å²) in [5.41, 5.74) is 3.49. The van der Waals surface area contributed by atoms with Gasteiger partial charge in [-0.25, -0.2) is 4.39 Å². The van der Waals surface area contributed by atoms with Gasteiger partial charge in [-0.15, -0.1) is 0 Å². The summed E-state index contributed by atoms with van der Waals surface area (Å²) < 4.78 is 19.2. The topological polar surface area (TPSA) is 32.8 Å². The van der Waals surface area contributed by atoms with E-state index in [1.807, 2.05) is 57.2 Å². The zero-order valence-corrected chi connectivity index (χ0v) is 21.6. The Hall–Kier alpha value is -3.18. The average molecular weight is 489 g/mol. The standard InChI is InChI=1S/C31H37FN2O2/c1-24(2)36-30(35)31(3,27-10-5-4-6-11-27)17-8-18-33-19-21-34(22-20-33)29-15-13-25(14-16-29)26-9-7-12-28(32)23-26/h4-7,9-16,23-24H,8,17-22H2,1-3H3. The fourth-order valence-corrected chi connectivity index (χ4v) is 4.93. The Morgan fingerprint density at radius 1 is 0.917 bits per heavy atom. The van der Waals surface area contributed by atoms with E-state index in [-0.39, 0.29) is 17.9 Å². The number of carbonyl (C=O) groups is 1. The van der Waals surface area contributed by atoms with Crippen molar-refractivity contribution in [2.75, 3.05) is 37.6 Å². The van der Waals surface area contributed by atoms with E-state index in [2.05, 4.69) is 34.1 Å². The number of ether oxygens (including phenoxy) is 1. The molecule has 0 aromatic heterocycles. The van der Waals surface area contributed by atoms with Crippen LogP contribution < -0.4 is 4.90 Å². The van der Waals surface area contributed by atoms with Crippen LogP contribution in [0.1, 0.15) is 39.2 Å². The molecule has 4 nitrogen and oxygen atoms in total. The van der Waals surface area contributed by atoms with Crippen LogP contribution in [0, 0.1) is 5.82 Å². The third kappa shape index (κ3) is 6.33. The molecule has 0 radical (unpaired) electrons. The normalized spacial score (nSPS) is 16.1. The molecule has 3 aromatic carbocycles. The van der Waals surface area contributed by atoms with Gasteiger partial charge in [0.2, 0.25) is 0 Å². The highest BCUT2D eigenvalue weighted by Crippen LogP contribution is 2.31. The first kappa shape index (κ1) is 25.9. The Morgan fingerprint density at radius 2 is 1.61 bits per heavy atom. The van der Waals surface area contributed by atoms with E-state index >= 15 is 0 Å². The maximum atomic E-state index is 13.6. The minimum absolute atomic E-state index is 0.128. The van der Waals surface area contributed by atoms with E-state index in [1.165, 1.54) is 11.8 Å². The number of anilines is 1. The van der Waals surface area contributed by atoms with E-state index in [0.29, 0.717) is 0 Å². The smallest absolute Gasteiger partial charge is 0.316 e. The molecule has 4 rings (SSSR count). The highest BCUT2D eigenvalue weighted by molar-refractivity contribution is 5.82. The summed E-state index contributed by atoms with van der Waals surface area (Å²) in [6.07, 6.45) is 1.56. The highest BCUT2D eigenvalue weighted by atomic mass is 19.1. The summed E-state index contributed by atoms with van der Waals surface area (Å²) in [5.74, 6) is -0.358. The number of carbonyl (C=O) groups excluding carboxylic acids is 1. The molecule has 3 aromatic rings. The number of hydrogen-bond acceptors (Lipinski definition) is 4. The molecule has 36 heavy (non-hydrogen) atoms. The lowest BCUT2D eigenvalue weighted by Gasteiger charge is -2.37. The zero-order valence-electron chi connectivity index (χ0n) is 21.6. The Labute approximate surface area is 214 Å². The van der Waals surface area contributed by atoms with Crippen molar-refractivity contribution in [2.24, 2.45) is 0 Å². The van der Waals surface area contributed by atoms with Crippen LogP contribution in [0.3, 0.4) is 0 Å². The summed E-state index contributed by atoms with van der Waals surface area (Å²) in [6.45, 7) is 10.7. The predicted octanol–water partition coefficient (Wildman–Crippen LogP) is 6.30. The Balaban J connectivity index is 1.30. The van der Waals surface area contributed by atoms with E-state index < -0.39 is 5.41 Å². The number of nitrogens with zero attached hydrogens (tertiary/aromatic N) is 2. The molecule has 1 fully saturated rings. The zero-order chi connectivity index (χ0) is 25.5. The van der Waals surface area contributed by atoms with E-state index in [4.69, 9.17) is 4.74 Å². The second kappa shape index (κ2) is 11.7. The van der Waals surface area contributed by atoms with Crippen molar-refractivity contribution in [1.82, 2.24) is 4.90 Å². The van der Waals surface area contributed by atoms with Crippen molar-refractivity contribution in [3.05, 3.63) is 90.2 Å². The summed E-state index contributed by atoms with van der Waals surface area (Å²) in [5, 5.41) is 0. The quantitative estimate of drug-likeness (QED) is 0.331. The molecule has 1 unspecified atom stereocenters. The number of hydrogen-bond donors (Lipinski definition) is 0. The van der Waals surface area contributed by atoms with Gasteiger partial charge in [-0.3, -0.25) is 9.69 Å². The Morgan fingerprint density at radius 3 is 2.25 bits per heavy atom. The minimum atomic E-state index is -0.642. The lowest BCUT2D eigenvalue weighted by atomic mass is 9.78. The van der Waals surface area contributed by atoms with Gasteiger partial charge in [-0.05, 0) is 81.1 Å². The van der Waals surface area contributed by atoms with Crippen molar-refractivity contribution in [3.63, 3.8) is 0 Å². The molecule has 0 N–H and O–H groups in total. The summed E-state index contributed by atoms with van der Waals surface area (Å²) >= 11 is 0. The van der Waals surface area contributed by atoms with Crippen LogP contribution in [-0.2, 0) is 14.9 Å². The van der Waals surface area contributed by atoms with Crippen LogP contribution in [0.15, 0.2) is 78.9 Å². The molecule has 0 amide bonds. The monoisotopic (exact) mass is 488 g/mol. The fraction of sp³-hybridized carbons (Fsp3) is 0.387. The molecule has 190 valence electrons. The lowest BCUT2D eigenvalue weighted by Crippen LogP contribution is -2.47. The van der Waals surface area contributed by atoms with Crippen LogP contribution in [-0.4, -0.2) is 49.7 Å². The van der Waals surface area contributed by atoms with Gasteiger partial charge in [-0.1, -0.05) is 54.6 Å². The van der Waals surface area contributed by atoms with Crippen LogP contribution in [0.25, 0.3) is 11.1 Å². The third-order valence-electron chi connectivity index (χ3n) is 7.12. The molecule has 0 aliphatic carbocycles. The van der Waals surface area contributed by atoms with Crippen LogP contribution in [0.5, 0.6) is 0 Å². The van der Waals surface area contributed by atoms with Crippen molar-refractivity contribution in [2.45, 2.75) is 45.1 Å². The molecule has 0 bridgehead atoms. The molecule has 1 heterocycles. The number of esters is 1. The molecular formula is C31H37FN2O2. The van der Waals surface area contributed by atoms with Gasteiger partial charge < -0.3 is 9.64 Å². The maximum Gasteiger partial charge on any atom is 0.316 e. The molecule has 0 saturated carbocycles. The number of rotatable bonds is 9. The third-order valence-corrected chi connectivity index (χ3v) is 7.12. The predicted molar refractivity (Wildman–Crippen MR) is 145 cm³/mol. The van der Waals surface area contributed by atoms with E-state index in [0.717, 1.165) is 62.3 Å². The second-order valence-corrected chi connectivity index (χ2v) is 10.1. The molecule has 5 heteroatoms. The first-order valence-electron chi connectivity index (χ1n) is 12.9. The molecule has 0 spiro atoms. The van der Waals surface area contributed by atoms with Crippen LogP contribution in [0.4, 0.5) is 10.1 Å². The largest absolute Gasteiger partial charge is 0.462 e. The Bertz CT molecular complexity index is 1120. The van der Waals surface area contributed by atoms with Gasteiger partial charge in [0.1, 0.15) is 5.82 Å². The maximum absolute atomic E-state index is 13.6. The van der Waals surface area contributed by atoms with Crippen molar-refractivity contribution in [1.29, 1.82) is 0 Å². The second-order valence-electron chi connectivity index (χ2n) is 10.1. The SMILES string of the molecule is CC(C)OC(=O)C(C)(CCCN1CCN(c2ccc(-c3cccc(F)c3)cc2)CC1)c1ccccc1. The van der Waals surface area contributed by atoms with Gasteiger partial charge >= 0.3 is 5.97 Å². The van der Waals surface area contributed by atoms with Gasteiger partial charge in [0.15, 0.2) is 0 Å². The molecule has 1 saturated heterocycles. The summed E-state index contributed by atoms with van der Waals surface area (Å²) in [6, 6.07) is 25.1. The first-order valence-corrected chi connectivity index (χ1v) is 12.9. The minimum Gasteiger partial charge on any atom is -0.462 e. The van der Waals surface area contributed by atoms with E-state index in [1.54, 1.807) is 12.1 Å². The highest BCUT2D eigenvalue weighted by Gasteiger charge is 2.37. The summed E-state index contributed by atoms with van der Waals surface area (Å²) in [4.78, 5) is 17.9. The average Bonchev–Trinajstić information content (AvgIpc) is 2.89. The molecule has 1 aliphatic heterocycles. The van der Waals surface area contributed by atoms with E-state index in [9.17, 15) is 9.18 Å². The van der Waals surface area contributed by atoms with Crippen molar-refractivity contribution in [3.8, 4) is 11.1 Å². The van der Waals surface area contributed by atoms with Gasteiger partial charge in [0.05, 0.1) is 11.5 Å². The summed E-state index contributed by atoms with van der Waals surface area (Å²) in [7, 11) is 0. The molecule has 1 atom stereocenters. The van der Waals surface area contributed by atoms with Gasteiger partial charge in [0.25, 0.3) is 0 Å². The van der Waals surface area contributed by atoms with Crippen LogP contribution in [0.2, 0.25) is 0 Å². The molecular weight excluding hydrogens is 451 g/mol. The molecule has 1 aliphatic rings. The Kier molecular flexibility index (Phi) is 8.42. The first-order chi connectivity index (χ1) is 17.3. The number of halogens is 1. The van der Waals surface area contributed by atoms with Crippen molar-refractivity contribution < 1.29 is 13.9 Å². The van der Waals surface area contributed by atoms with Crippen LogP contribution >= 0.6 is 0 Å². The van der Waals surface area contributed by atoms with Crippen molar-refractivity contribution >= 4 is 11.7 Å². The van der Waals surface area contributed by atoms with Gasteiger partial charge in [-0.2, -0.15) is 0 Å². The number of benzene rings is 3. The van der Waals surface area contributed by atoms with Gasteiger partial charge in [0, 0.05) is 31.9 Å². The lowest BCUT2D eigenvalue weighted by molar-refractivity contribution is -0.154. The number of piperazine rings is 1.